The third kappa shape index (κ3) is 3.96. The van der Waals surface area contributed by atoms with Gasteiger partial charge in [-0.05, 0) is 12.3 Å². The number of aromatic nitrogens is 2. The maximum absolute atomic E-state index is 11.0. The molecule has 98 valence electrons. The van der Waals surface area contributed by atoms with Gasteiger partial charge in [0.15, 0.2) is 0 Å². The van der Waals surface area contributed by atoms with Crippen molar-refractivity contribution in [2.75, 3.05) is 5.32 Å². The zero-order valence-corrected chi connectivity index (χ0v) is 10.0. The van der Waals surface area contributed by atoms with Crippen molar-refractivity contribution in [1.82, 2.24) is 9.97 Å². The third-order valence-corrected chi connectivity index (χ3v) is 2.16. The number of aliphatic carboxylic acids is 1. The number of carbonyl (C=O) groups is 1. The molecule has 0 spiro atoms. The van der Waals surface area contributed by atoms with Gasteiger partial charge in [0.05, 0.1) is 4.92 Å². The van der Waals surface area contributed by atoms with Crippen molar-refractivity contribution in [3.8, 4) is 0 Å². The number of carboxylic acids is 1. The third-order valence-electron chi connectivity index (χ3n) is 2.16. The molecule has 0 aliphatic rings. The van der Waals surface area contributed by atoms with Crippen molar-refractivity contribution in [2.24, 2.45) is 5.92 Å². The van der Waals surface area contributed by atoms with E-state index in [1.54, 1.807) is 0 Å². The Morgan fingerprint density at radius 2 is 2.06 bits per heavy atom. The summed E-state index contributed by atoms with van der Waals surface area (Å²) in [6.07, 6.45) is 2.48. The normalized spacial score (nSPS) is 12.2. The van der Waals surface area contributed by atoms with E-state index in [0.717, 1.165) is 12.4 Å². The molecule has 8 heteroatoms. The van der Waals surface area contributed by atoms with Gasteiger partial charge < -0.3 is 10.4 Å². The number of carboxylic acid groups (broad SMARTS) is 1. The van der Waals surface area contributed by atoms with E-state index in [0.29, 0.717) is 6.42 Å². The van der Waals surface area contributed by atoms with Gasteiger partial charge in [-0.1, -0.05) is 13.8 Å². The van der Waals surface area contributed by atoms with Crippen LogP contribution >= 0.6 is 0 Å². The van der Waals surface area contributed by atoms with Crippen molar-refractivity contribution >= 4 is 17.6 Å². The molecule has 0 aliphatic carbocycles. The molecule has 1 atom stereocenters. The van der Waals surface area contributed by atoms with Gasteiger partial charge in [0.1, 0.15) is 18.4 Å². The number of hydrogen-bond donors (Lipinski definition) is 2. The Bertz CT molecular complexity index is 432. The Hall–Kier alpha value is -2.25. The molecule has 1 heterocycles. The fraction of sp³-hybridized carbons (Fsp3) is 0.500. The number of hydrogen-bond acceptors (Lipinski definition) is 6. The van der Waals surface area contributed by atoms with E-state index in [9.17, 15) is 14.9 Å². The highest BCUT2D eigenvalue weighted by Crippen LogP contribution is 2.12. The first-order chi connectivity index (χ1) is 8.40. The van der Waals surface area contributed by atoms with Crippen LogP contribution in [0, 0.1) is 16.0 Å². The number of nitro groups is 1. The first-order valence-electron chi connectivity index (χ1n) is 5.36. The minimum absolute atomic E-state index is 0.0636. The van der Waals surface area contributed by atoms with Crippen LogP contribution in [-0.4, -0.2) is 32.0 Å². The van der Waals surface area contributed by atoms with Crippen LogP contribution < -0.4 is 5.32 Å². The molecule has 0 saturated carbocycles. The second kappa shape index (κ2) is 5.89. The predicted octanol–water partition coefficient (Wildman–Crippen LogP) is 1.30. The molecule has 1 aromatic rings. The predicted molar refractivity (Wildman–Crippen MR) is 63.2 cm³/mol. The molecule has 0 unspecified atom stereocenters. The first-order valence-corrected chi connectivity index (χ1v) is 5.36. The van der Waals surface area contributed by atoms with E-state index < -0.39 is 16.9 Å². The van der Waals surface area contributed by atoms with Gasteiger partial charge >= 0.3 is 11.7 Å². The molecule has 0 radical (unpaired) electrons. The number of nitrogens with zero attached hydrogens (tertiary/aromatic N) is 3. The molecule has 0 bridgehead atoms. The molecule has 0 amide bonds. The Labute approximate surface area is 103 Å². The highest BCUT2D eigenvalue weighted by atomic mass is 16.6. The van der Waals surface area contributed by atoms with E-state index in [4.69, 9.17) is 5.11 Å². The lowest BCUT2D eigenvalue weighted by molar-refractivity contribution is -0.385. The van der Waals surface area contributed by atoms with Crippen molar-refractivity contribution in [3.05, 3.63) is 22.5 Å². The van der Waals surface area contributed by atoms with E-state index >= 15 is 0 Å². The van der Waals surface area contributed by atoms with Crippen LogP contribution in [0.15, 0.2) is 12.4 Å². The average molecular weight is 254 g/mol. The molecule has 1 aromatic heterocycles. The minimum Gasteiger partial charge on any atom is -0.480 e. The fourth-order valence-corrected chi connectivity index (χ4v) is 1.34. The van der Waals surface area contributed by atoms with Crippen LogP contribution in [-0.2, 0) is 4.79 Å². The Morgan fingerprint density at radius 3 is 2.44 bits per heavy atom. The monoisotopic (exact) mass is 254 g/mol. The summed E-state index contributed by atoms with van der Waals surface area (Å²) < 4.78 is 0. The maximum atomic E-state index is 11.0. The molecule has 8 nitrogen and oxygen atoms in total. The lowest BCUT2D eigenvalue weighted by Gasteiger charge is -2.15. The molecule has 0 fully saturated rings. The van der Waals surface area contributed by atoms with Crippen LogP contribution in [0.5, 0.6) is 0 Å². The van der Waals surface area contributed by atoms with Crippen molar-refractivity contribution in [1.29, 1.82) is 0 Å². The summed E-state index contributed by atoms with van der Waals surface area (Å²) in [5.41, 5.74) is -0.240. The minimum atomic E-state index is -1.01. The molecule has 0 aliphatic heterocycles. The van der Waals surface area contributed by atoms with Gasteiger partial charge in [-0.2, -0.15) is 0 Å². The van der Waals surface area contributed by atoms with Crippen LogP contribution in [0.2, 0.25) is 0 Å². The highest BCUT2D eigenvalue weighted by molar-refractivity contribution is 5.76. The summed E-state index contributed by atoms with van der Waals surface area (Å²) in [6, 6.07) is -0.813. The number of anilines is 1. The van der Waals surface area contributed by atoms with Crippen LogP contribution in [0.3, 0.4) is 0 Å². The Balaban J connectivity index is 2.75. The molecule has 18 heavy (non-hydrogen) atoms. The standard InChI is InChI=1S/C10H14N4O4/c1-6(2)3-8(9(15)16)13-10-11-4-7(5-12-10)14(17)18/h4-6,8H,3H2,1-2H3,(H,15,16)(H,11,12,13)/t8-/m0/s1. The van der Waals surface area contributed by atoms with Gasteiger partial charge in [0.2, 0.25) is 5.95 Å². The largest absolute Gasteiger partial charge is 0.480 e. The summed E-state index contributed by atoms with van der Waals surface area (Å²) in [6.45, 7) is 3.79. The second-order valence-corrected chi connectivity index (χ2v) is 4.19. The Kier molecular flexibility index (Phi) is 4.52. The van der Waals surface area contributed by atoms with Gasteiger partial charge in [0, 0.05) is 0 Å². The summed E-state index contributed by atoms with van der Waals surface area (Å²) in [7, 11) is 0. The Morgan fingerprint density at radius 1 is 1.50 bits per heavy atom. The molecule has 0 saturated heterocycles. The van der Waals surface area contributed by atoms with Crippen LogP contribution in [0.1, 0.15) is 20.3 Å². The first kappa shape index (κ1) is 13.8. The van der Waals surface area contributed by atoms with Crippen LogP contribution in [0.25, 0.3) is 0 Å². The summed E-state index contributed by atoms with van der Waals surface area (Å²) in [4.78, 5) is 28.2. The average Bonchev–Trinajstić information content (AvgIpc) is 2.28. The second-order valence-electron chi connectivity index (χ2n) is 4.19. The fourth-order valence-electron chi connectivity index (χ4n) is 1.34. The summed E-state index contributed by atoms with van der Waals surface area (Å²) >= 11 is 0. The maximum Gasteiger partial charge on any atom is 0.326 e. The number of rotatable bonds is 6. The molecular weight excluding hydrogens is 240 g/mol. The molecule has 2 N–H and O–H groups in total. The molecule has 1 rings (SSSR count). The summed E-state index contributed by atoms with van der Waals surface area (Å²) in [5.74, 6) is -0.754. The smallest absolute Gasteiger partial charge is 0.326 e. The summed E-state index contributed by atoms with van der Waals surface area (Å²) in [5, 5.41) is 22.0. The van der Waals surface area contributed by atoms with E-state index in [1.165, 1.54) is 0 Å². The SMILES string of the molecule is CC(C)C[C@H](Nc1ncc([N+](=O)[O-])cn1)C(=O)O. The van der Waals surface area contributed by atoms with E-state index in [-0.39, 0.29) is 17.6 Å². The molecular formula is C10H14N4O4. The van der Waals surface area contributed by atoms with Gasteiger partial charge in [-0.25, -0.2) is 14.8 Å². The van der Waals surface area contributed by atoms with Gasteiger partial charge in [0.25, 0.3) is 0 Å². The highest BCUT2D eigenvalue weighted by Gasteiger charge is 2.20. The lowest BCUT2D eigenvalue weighted by atomic mass is 10.0. The van der Waals surface area contributed by atoms with Crippen molar-refractivity contribution in [2.45, 2.75) is 26.3 Å². The van der Waals surface area contributed by atoms with Gasteiger partial charge in [-0.3, -0.25) is 10.1 Å². The van der Waals surface area contributed by atoms with Crippen molar-refractivity contribution in [3.63, 3.8) is 0 Å². The van der Waals surface area contributed by atoms with Gasteiger partial charge in [-0.15, -0.1) is 0 Å². The quantitative estimate of drug-likeness (QED) is 0.580. The lowest BCUT2D eigenvalue weighted by Crippen LogP contribution is -2.31. The number of nitrogens with one attached hydrogen (secondary N) is 1. The zero-order chi connectivity index (χ0) is 13.7. The van der Waals surface area contributed by atoms with E-state index in [2.05, 4.69) is 15.3 Å². The zero-order valence-electron chi connectivity index (χ0n) is 10.0. The van der Waals surface area contributed by atoms with E-state index in [1.807, 2.05) is 13.8 Å². The van der Waals surface area contributed by atoms with Crippen molar-refractivity contribution < 1.29 is 14.8 Å². The topological polar surface area (TPSA) is 118 Å². The molecule has 0 aromatic carbocycles. The van der Waals surface area contributed by atoms with Crippen LogP contribution in [0.4, 0.5) is 11.6 Å².